The van der Waals surface area contributed by atoms with Gasteiger partial charge in [0.05, 0.1) is 6.61 Å². The summed E-state index contributed by atoms with van der Waals surface area (Å²) in [6.07, 6.45) is 2.86. The average Bonchev–Trinajstić information content (AvgIpc) is 2.64. The number of esters is 1. The lowest BCUT2D eigenvalue weighted by Gasteiger charge is -2.07. The second kappa shape index (κ2) is 10.3. The van der Waals surface area contributed by atoms with Gasteiger partial charge in [-0.15, -0.1) is 0 Å². The molecule has 0 saturated carbocycles. The van der Waals surface area contributed by atoms with Crippen molar-refractivity contribution in [2.45, 2.75) is 13.5 Å². The monoisotopic (exact) mass is 373 g/mol. The van der Waals surface area contributed by atoms with Crippen LogP contribution in [-0.4, -0.2) is 25.1 Å². The van der Waals surface area contributed by atoms with Crippen LogP contribution in [0.25, 0.3) is 6.08 Å². The van der Waals surface area contributed by atoms with E-state index in [2.05, 4.69) is 5.32 Å². The van der Waals surface area contributed by atoms with Gasteiger partial charge in [-0.1, -0.05) is 41.9 Å². The van der Waals surface area contributed by atoms with Crippen molar-refractivity contribution in [2.24, 2.45) is 0 Å². The van der Waals surface area contributed by atoms with Gasteiger partial charge in [0, 0.05) is 23.2 Å². The summed E-state index contributed by atoms with van der Waals surface area (Å²) < 4.78 is 10.4. The van der Waals surface area contributed by atoms with E-state index in [4.69, 9.17) is 21.1 Å². The molecule has 0 unspecified atom stereocenters. The van der Waals surface area contributed by atoms with Gasteiger partial charge in [-0.25, -0.2) is 4.79 Å². The molecule has 0 saturated heterocycles. The van der Waals surface area contributed by atoms with Gasteiger partial charge in [0.25, 0.3) is 5.91 Å². The van der Waals surface area contributed by atoms with E-state index in [1.807, 2.05) is 37.3 Å². The summed E-state index contributed by atoms with van der Waals surface area (Å²) in [5, 5.41) is 3.26. The third kappa shape index (κ3) is 6.61. The Labute approximate surface area is 157 Å². The van der Waals surface area contributed by atoms with Gasteiger partial charge in [0.1, 0.15) is 5.75 Å². The number of benzene rings is 2. The Balaban J connectivity index is 1.78. The number of carbonyl (C=O) groups excluding carboxylic acids is 2. The van der Waals surface area contributed by atoms with Crippen molar-refractivity contribution in [3.05, 3.63) is 70.8 Å². The largest absolute Gasteiger partial charge is 0.493 e. The maximum atomic E-state index is 11.8. The summed E-state index contributed by atoms with van der Waals surface area (Å²) in [5.74, 6) is -0.311. The highest BCUT2D eigenvalue weighted by atomic mass is 35.5. The van der Waals surface area contributed by atoms with Crippen molar-refractivity contribution in [3.63, 3.8) is 0 Å². The smallest absolute Gasteiger partial charge is 0.331 e. The van der Waals surface area contributed by atoms with Crippen LogP contribution in [0.4, 0.5) is 0 Å². The molecule has 6 heteroatoms. The topological polar surface area (TPSA) is 64.6 Å². The molecule has 0 bridgehead atoms. The van der Waals surface area contributed by atoms with Crippen molar-refractivity contribution in [1.82, 2.24) is 5.32 Å². The van der Waals surface area contributed by atoms with Crippen molar-refractivity contribution in [2.75, 3.05) is 13.2 Å². The molecule has 2 aromatic rings. The summed E-state index contributed by atoms with van der Waals surface area (Å²) >= 11 is 5.88. The second-order valence-corrected chi connectivity index (χ2v) is 5.75. The lowest BCUT2D eigenvalue weighted by Crippen LogP contribution is -2.28. The lowest BCUT2D eigenvalue weighted by atomic mass is 10.2. The fraction of sp³-hybridized carbons (Fsp3) is 0.200. The van der Waals surface area contributed by atoms with Gasteiger partial charge in [0.15, 0.2) is 6.61 Å². The highest BCUT2D eigenvalue weighted by molar-refractivity contribution is 6.30. The third-order valence-corrected chi connectivity index (χ3v) is 3.58. The van der Waals surface area contributed by atoms with Gasteiger partial charge >= 0.3 is 5.97 Å². The van der Waals surface area contributed by atoms with Gasteiger partial charge in [0.2, 0.25) is 0 Å². The van der Waals surface area contributed by atoms with E-state index < -0.39 is 5.97 Å². The Hall–Kier alpha value is -2.79. The predicted molar refractivity (Wildman–Crippen MR) is 101 cm³/mol. The number of ether oxygens (including phenoxy) is 2. The molecule has 1 amide bonds. The van der Waals surface area contributed by atoms with E-state index in [0.29, 0.717) is 23.9 Å². The van der Waals surface area contributed by atoms with Crippen LogP contribution in [0.1, 0.15) is 18.1 Å². The van der Waals surface area contributed by atoms with Crippen LogP contribution in [0.3, 0.4) is 0 Å². The van der Waals surface area contributed by atoms with E-state index in [1.165, 1.54) is 6.08 Å². The van der Waals surface area contributed by atoms with Crippen LogP contribution < -0.4 is 10.1 Å². The number of carbonyl (C=O) groups is 2. The molecule has 0 aliphatic rings. The first-order valence-corrected chi connectivity index (χ1v) is 8.54. The van der Waals surface area contributed by atoms with E-state index in [-0.39, 0.29) is 12.5 Å². The molecular formula is C20H20ClNO4. The third-order valence-electron chi connectivity index (χ3n) is 3.34. The zero-order chi connectivity index (χ0) is 18.8. The van der Waals surface area contributed by atoms with Crippen LogP contribution in [0, 0.1) is 0 Å². The first-order chi connectivity index (χ1) is 12.6. The number of nitrogens with one attached hydrogen (secondary N) is 1. The van der Waals surface area contributed by atoms with Crippen molar-refractivity contribution < 1.29 is 19.1 Å². The number of rotatable bonds is 8. The molecule has 0 atom stereocenters. The maximum Gasteiger partial charge on any atom is 0.331 e. The van der Waals surface area contributed by atoms with Crippen molar-refractivity contribution >= 4 is 29.6 Å². The molecule has 26 heavy (non-hydrogen) atoms. The quantitative estimate of drug-likeness (QED) is 0.567. The molecular weight excluding hydrogens is 354 g/mol. The first kappa shape index (κ1) is 19.5. The maximum absolute atomic E-state index is 11.8. The van der Waals surface area contributed by atoms with Crippen molar-refractivity contribution in [1.29, 1.82) is 0 Å². The average molecular weight is 374 g/mol. The van der Waals surface area contributed by atoms with Gasteiger partial charge in [-0.05, 0) is 36.8 Å². The van der Waals surface area contributed by atoms with Crippen LogP contribution in [-0.2, 0) is 20.9 Å². The normalized spacial score (nSPS) is 10.5. The fourth-order valence-corrected chi connectivity index (χ4v) is 2.36. The summed E-state index contributed by atoms with van der Waals surface area (Å²) in [6.45, 7) is 2.38. The Morgan fingerprint density at radius 2 is 1.96 bits per heavy atom. The summed E-state index contributed by atoms with van der Waals surface area (Å²) in [4.78, 5) is 23.5. The minimum absolute atomic E-state index is 0.314. The Morgan fingerprint density at radius 3 is 2.73 bits per heavy atom. The zero-order valence-corrected chi connectivity index (χ0v) is 15.2. The van der Waals surface area contributed by atoms with E-state index in [0.717, 1.165) is 11.1 Å². The van der Waals surface area contributed by atoms with E-state index in [1.54, 1.807) is 24.3 Å². The molecule has 0 aliphatic carbocycles. The molecule has 5 nitrogen and oxygen atoms in total. The number of para-hydroxylation sites is 1. The highest BCUT2D eigenvalue weighted by Gasteiger charge is 2.06. The number of hydrogen-bond acceptors (Lipinski definition) is 4. The number of hydrogen-bond donors (Lipinski definition) is 1. The molecule has 2 aromatic carbocycles. The fourth-order valence-electron chi connectivity index (χ4n) is 2.15. The Morgan fingerprint density at radius 1 is 1.15 bits per heavy atom. The van der Waals surface area contributed by atoms with Gasteiger partial charge < -0.3 is 14.8 Å². The first-order valence-electron chi connectivity index (χ1n) is 8.16. The molecule has 0 aliphatic heterocycles. The molecule has 0 spiro atoms. The SMILES string of the molecule is CCOc1ccccc1/C=C/C(=O)OCC(=O)NCc1cccc(Cl)c1. The van der Waals surface area contributed by atoms with Crippen LogP contribution in [0.2, 0.25) is 5.02 Å². The Kier molecular flexibility index (Phi) is 7.71. The molecule has 0 heterocycles. The highest BCUT2D eigenvalue weighted by Crippen LogP contribution is 2.19. The lowest BCUT2D eigenvalue weighted by molar-refractivity contribution is -0.143. The van der Waals surface area contributed by atoms with E-state index >= 15 is 0 Å². The van der Waals surface area contributed by atoms with Gasteiger partial charge in [-0.2, -0.15) is 0 Å². The predicted octanol–water partition coefficient (Wildman–Crippen LogP) is 3.61. The van der Waals surface area contributed by atoms with Gasteiger partial charge in [-0.3, -0.25) is 4.79 Å². The van der Waals surface area contributed by atoms with Crippen LogP contribution in [0.15, 0.2) is 54.6 Å². The standard InChI is InChI=1S/C20H20ClNO4/c1-2-25-18-9-4-3-7-16(18)10-11-20(24)26-14-19(23)22-13-15-6-5-8-17(21)12-15/h3-12H,2,13-14H2,1H3,(H,22,23)/b11-10+. The molecule has 0 aromatic heterocycles. The summed E-state index contributed by atoms with van der Waals surface area (Å²) in [5.41, 5.74) is 1.63. The number of halogens is 1. The zero-order valence-electron chi connectivity index (χ0n) is 14.4. The molecule has 136 valence electrons. The van der Waals surface area contributed by atoms with Crippen LogP contribution in [0.5, 0.6) is 5.75 Å². The van der Waals surface area contributed by atoms with Crippen LogP contribution >= 0.6 is 11.6 Å². The second-order valence-electron chi connectivity index (χ2n) is 5.32. The minimum atomic E-state index is -0.603. The van der Waals surface area contributed by atoms with E-state index in [9.17, 15) is 9.59 Å². The molecule has 1 N–H and O–H groups in total. The summed E-state index contributed by atoms with van der Waals surface area (Å²) in [6, 6.07) is 14.5. The minimum Gasteiger partial charge on any atom is -0.493 e. The molecule has 0 fully saturated rings. The number of amides is 1. The van der Waals surface area contributed by atoms with Crippen molar-refractivity contribution in [3.8, 4) is 5.75 Å². The molecule has 2 rings (SSSR count). The Bertz CT molecular complexity index is 789. The molecule has 0 radical (unpaired) electrons. The summed E-state index contributed by atoms with van der Waals surface area (Å²) in [7, 11) is 0.